The summed E-state index contributed by atoms with van der Waals surface area (Å²) in [5.74, 6) is -1.41. The molecular formula is C19H17FN4O3. The predicted molar refractivity (Wildman–Crippen MR) is 93.9 cm³/mol. The highest BCUT2D eigenvalue weighted by Gasteiger charge is 2.16. The average Bonchev–Trinajstić information content (AvgIpc) is 3.14. The third-order valence-electron chi connectivity index (χ3n) is 3.66. The molecule has 3 rings (SSSR count). The monoisotopic (exact) mass is 368 g/mol. The summed E-state index contributed by atoms with van der Waals surface area (Å²) in [5, 5.41) is 8.93. The Labute approximate surface area is 154 Å². The fourth-order valence-corrected chi connectivity index (χ4v) is 2.33. The van der Waals surface area contributed by atoms with E-state index in [4.69, 9.17) is 4.52 Å². The quantitative estimate of drug-likeness (QED) is 0.665. The van der Waals surface area contributed by atoms with Gasteiger partial charge in [0.1, 0.15) is 5.82 Å². The van der Waals surface area contributed by atoms with Gasteiger partial charge in [0.2, 0.25) is 5.91 Å². The molecule has 0 atom stereocenters. The van der Waals surface area contributed by atoms with Crippen LogP contribution in [-0.4, -0.2) is 22.0 Å². The van der Waals surface area contributed by atoms with E-state index in [1.165, 1.54) is 12.1 Å². The highest BCUT2D eigenvalue weighted by Crippen LogP contribution is 2.04. The van der Waals surface area contributed by atoms with Crippen LogP contribution in [-0.2, 0) is 24.3 Å². The summed E-state index contributed by atoms with van der Waals surface area (Å²) in [5.41, 5.74) is 1.57. The lowest BCUT2D eigenvalue weighted by Gasteiger charge is -2.03. The van der Waals surface area contributed by atoms with Gasteiger partial charge in [0, 0.05) is 13.1 Å². The molecule has 1 aromatic heterocycles. The van der Waals surface area contributed by atoms with Crippen LogP contribution in [0.3, 0.4) is 0 Å². The van der Waals surface area contributed by atoms with Crippen LogP contribution in [0, 0.1) is 5.82 Å². The third kappa shape index (κ3) is 5.46. The molecule has 27 heavy (non-hydrogen) atoms. The molecule has 0 aliphatic rings. The molecule has 0 fully saturated rings. The van der Waals surface area contributed by atoms with Crippen LogP contribution in [0.2, 0.25) is 0 Å². The molecule has 8 heteroatoms. The number of carbonyl (C=O) groups is 2. The molecule has 0 saturated heterocycles. The van der Waals surface area contributed by atoms with Crippen molar-refractivity contribution in [1.82, 2.24) is 20.8 Å². The number of nitrogens with one attached hydrogen (secondary N) is 2. The van der Waals surface area contributed by atoms with Crippen molar-refractivity contribution in [1.29, 1.82) is 0 Å². The summed E-state index contributed by atoms with van der Waals surface area (Å²) >= 11 is 0. The lowest BCUT2D eigenvalue weighted by Crippen LogP contribution is -2.25. The first-order chi connectivity index (χ1) is 13.1. The average molecular weight is 368 g/mol. The molecule has 2 N–H and O–H groups in total. The molecule has 0 aliphatic carbocycles. The van der Waals surface area contributed by atoms with Crippen molar-refractivity contribution >= 4 is 11.8 Å². The third-order valence-corrected chi connectivity index (χ3v) is 3.66. The fourth-order valence-electron chi connectivity index (χ4n) is 2.33. The molecular weight excluding hydrogens is 351 g/mol. The SMILES string of the molecule is O=C(Cc1noc(C(=O)NCc2cccc(F)c2)n1)NCc1ccccc1. The highest BCUT2D eigenvalue weighted by molar-refractivity contribution is 5.89. The first kappa shape index (κ1) is 18.2. The minimum Gasteiger partial charge on any atom is -0.352 e. The predicted octanol–water partition coefficient (Wildman–Crippen LogP) is 2.00. The maximum atomic E-state index is 13.1. The van der Waals surface area contributed by atoms with Gasteiger partial charge in [-0.25, -0.2) is 4.39 Å². The Bertz CT molecular complexity index is 927. The molecule has 0 saturated carbocycles. The Balaban J connectivity index is 1.48. The molecule has 0 unspecified atom stereocenters. The van der Waals surface area contributed by atoms with Crippen molar-refractivity contribution in [3.63, 3.8) is 0 Å². The minimum absolute atomic E-state index is 0.104. The van der Waals surface area contributed by atoms with Gasteiger partial charge >= 0.3 is 11.8 Å². The number of rotatable bonds is 7. The number of amides is 2. The smallest absolute Gasteiger partial charge is 0.315 e. The number of hydrogen-bond acceptors (Lipinski definition) is 5. The second-order valence-corrected chi connectivity index (χ2v) is 5.77. The molecule has 0 spiro atoms. The summed E-state index contributed by atoms with van der Waals surface area (Å²) in [6.07, 6.45) is -0.104. The molecule has 138 valence electrons. The molecule has 2 aromatic carbocycles. The molecule has 2 amide bonds. The Morgan fingerprint density at radius 3 is 2.48 bits per heavy atom. The first-order valence-electron chi connectivity index (χ1n) is 8.26. The molecule has 0 aliphatic heterocycles. The zero-order valence-corrected chi connectivity index (χ0v) is 14.3. The Hall–Kier alpha value is -3.55. The first-order valence-corrected chi connectivity index (χ1v) is 8.26. The maximum absolute atomic E-state index is 13.1. The normalized spacial score (nSPS) is 10.4. The van der Waals surface area contributed by atoms with E-state index in [0.29, 0.717) is 12.1 Å². The minimum atomic E-state index is -0.595. The van der Waals surface area contributed by atoms with Gasteiger partial charge in [0.25, 0.3) is 0 Å². The van der Waals surface area contributed by atoms with Gasteiger partial charge in [-0.05, 0) is 23.3 Å². The van der Waals surface area contributed by atoms with Crippen molar-refractivity contribution in [3.05, 3.63) is 83.3 Å². The second kappa shape index (κ2) is 8.70. The van der Waals surface area contributed by atoms with E-state index in [-0.39, 0.29) is 36.4 Å². The van der Waals surface area contributed by atoms with Gasteiger partial charge in [-0.15, -0.1) is 0 Å². The number of carbonyl (C=O) groups excluding carboxylic acids is 2. The lowest BCUT2D eigenvalue weighted by molar-refractivity contribution is -0.120. The number of nitrogens with zero attached hydrogens (tertiary/aromatic N) is 2. The summed E-state index contributed by atoms with van der Waals surface area (Å²) in [4.78, 5) is 27.9. The molecule has 3 aromatic rings. The Kier molecular flexibility index (Phi) is 5.88. The van der Waals surface area contributed by atoms with Crippen LogP contribution in [0.15, 0.2) is 59.1 Å². The van der Waals surface area contributed by atoms with Gasteiger partial charge in [-0.2, -0.15) is 4.98 Å². The van der Waals surface area contributed by atoms with Crippen LogP contribution in [0.4, 0.5) is 4.39 Å². The summed E-state index contributed by atoms with van der Waals surface area (Å²) in [7, 11) is 0. The van der Waals surface area contributed by atoms with Gasteiger partial charge < -0.3 is 15.2 Å². The Morgan fingerprint density at radius 2 is 1.70 bits per heavy atom. The van der Waals surface area contributed by atoms with E-state index in [1.54, 1.807) is 12.1 Å². The van der Waals surface area contributed by atoms with Crippen molar-refractivity contribution in [3.8, 4) is 0 Å². The van der Waals surface area contributed by atoms with E-state index in [9.17, 15) is 14.0 Å². The van der Waals surface area contributed by atoms with E-state index >= 15 is 0 Å². The molecule has 1 heterocycles. The topological polar surface area (TPSA) is 97.1 Å². The fraction of sp³-hybridized carbons (Fsp3) is 0.158. The van der Waals surface area contributed by atoms with E-state index in [2.05, 4.69) is 20.8 Å². The summed E-state index contributed by atoms with van der Waals surface area (Å²) in [6, 6.07) is 15.3. The maximum Gasteiger partial charge on any atom is 0.315 e. The molecule has 0 bridgehead atoms. The largest absolute Gasteiger partial charge is 0.352 e. The van der Waals surface area contributed by atoms with Gasteiger partial charge in [0.05, 0.1) is 6.42 Å². The lowest BCUT2D eigenvalue weighted by atomic mass is 10.2. The molecule has 7 nitrogen and oxygen atoms in total. The van der Waals surface area contributed by atoms with Crippen LogP contribution in [0.1, 0.15) is 27.6 Å². The van der Waals surface area contributed by atoms with Crippen LogP contribution in [0.5, 0.6) is 0 Å². The number of halogens is 1. The second-order valence-electron chi connectivity index (χ2n) is 5.77. The number of hydrogen-bond donors (Lipinski definition) is 2. The van der Waals surface area contributed by atoms with Crippen molar-refractivity contribution in [2.75, 3.05) is 0 Å². The molecule has 0 radical (unpaired) electrons. The van der Waals surface area contributed by atoms with E-state index in [0.717, 1.165) is 5.56 Å². The van der Waals surface area contributed by atoms with Gasteiger partial charge in [0.15, 0.2) is 5.82 Å². The van der Waals surface area contributed by atoms with Crippen LogP contribution >= 0.6 is 0 Å². The van der Waals surface area contributed by atoms with Crippen molar-refractivity contribution in [2.45, 2.75) is 19.5 Å². The van der Waals surface area contributed by atoms with Crippen LogP contribution in [0.25, 0.3) is 0 Å². The number of aromatic nitrogens is 2. The number of benzene rings is 2. The highest BCUT2D eigenvalue weighted by atomic mass is 19.1. The van der Waals surface area contributed by atoms with Gasteiger partial charge in [-0.1, -0.05) is 47.6 Å². The standard InChI is InChI=1S/C19H17FN4O3/c20-15-8-4-7-14(9-15)12-22-18(26)19-23-16(24-27-19)10-17(25)21-11-13-5-2-1-3-6-13/h1-9H,10-12H2,(H,21,25)(H,22,26). The zero-order valence-electron chi connectivity index (χ0n) is 14.3. The summed E-state index contributed by atoms with van der Waals surface area (Å²) in [6.45, 7) is 0.504. The Morgan fingerprint density at radius 1 is 0.963 bits per heavy atom. The van der Waals surface area contributed by atoms with E-state index in [1.807, 2.05) is 30.3 Å². The zero-order chi connectivity index (χ0) is 19.1. The van der Waals surface area contributed by atoms with Crippen LogP contribution < -0.4 is 10.6 Å². The summed E-state index contributed by atoms with van der Waals surface area (Å²) < 4.78 is 18.0. The van der Waals surface area contributed by atoms with Crippen molar-refractivity contribution < 1.29 is 18.5 Å². The van der Waals surface area contributed by atoms with E-state index < -0.39 is 5.91 Å². The van der Waals surface area contributed by atoms with Gasteiger partial charge in [-0.3, -0.25) is 9.59 Å². The van der Waals surface area contributed by atoms with Crippen molar-refractivity contribution in [2.24, 2.45) is 0 Å².